The average molecular weight is 558 g/mol. The van der Waals surface area contributed by atoms with Gasteiger partial charge in [0.15, 0.2) is 11.6 Å². The summed E-state index contributed by atoms with van der Waals surface area (Å²) in [5, 5.41) is 0. The van der Waals surface area contributed by atoms with Crippen molar-refractivity contribution in [1.82, 2.24) is 24.2 Å². The van der Waals surface area contributed by atoms with E-state index in [-0.39, 0.29) is 24.7 Å². The lowest BCUT2D eigenvalue weighted by Crippen LogP contribution is -2.40. The van der Waals surface area contributed by atoms with E-state index < -0.39 is 29.6 Å². The molecule has 210 valence electrons. The SMILES string of the molecule is COc1cccc2nc(C(=O)N(CCN(C)C)C3COc4nc(C(F)(F)F)ccc43)c(-c3ccc(F)c(C)c3)n12. The van der Waals surface area contributed by atoms with E-state index in [0.29, 0.717) is 40.5 Å². The minimum absolute atomic E-state index is 0.0650. The topological polar surface area (TPSA) is 72.2 Å². The molecule has 0 N–H and O–H groups in total. The lowest BCUT2D eigenvalue weighted by atomic mass is 10.0. The van der Waals surface area contributed by atoms with E-state index in [1.165, 1.54) is 24.1 Å². The highest BCUT2D eigenvalue weighted by Gasteiger charge is 2.39. The molecule has 1 aromatic carbocycles. The Kier molecular flexibility index (Phi) is 7.13. The Morgan fingerprint density at radius 2 is 1.90 bits per heavy atom. The summed E-state index contributed by atoms with van der Waals surface area (Å²) in [6.07, 6.45) is -4.63. The Morgan fingerprint density at radius 3 is 2.58 bits per heavy atom. The number of hydrogen-bond donors (Lipinski definition) is 0. The first-order valence-corrected chi connectivity index (χ1v) is 12.5. The van der Waals surface area contributed by atoms with Gasteiger partial charge in [-0.3, -0.25) is 9.20 Å². The summed E-state index contributed by atoms with van der Waals surface area (Å²) in [6, 6.07) is 11.2. The summed E-state index contributed by atoms with van der Waals surface area (Å²) in [4.78, 5) is 26.1. The number of halogens is 4. The van der Waals surface area contributed by atoms with Crippen molar-refractivity contribution in [2.24, 2.45) is 0 Å². The number of aromatic nitrogens is 3. The van der Waals surface area contributed by atoms with E-state index in [1.807, 2.05) is 19.0 Å². The number of methoxy groups -OCH3 is 1. The Balaban J connectivity index is 1.65. The molecule has 1 unspecified atom stereocenters. The summed E-state index contributed by atoms with van der Waals surface area (Å²) < 4.78 is 66.8. The van der Waals surface area contributed by atoms with Crippen LogP contribution in [0.25, 0.3) is 16.9 Å². The molecule has 0 saturated carbocycles. The lowest BCUT2D eigenvalue weighted by Gasteiger charge is -2.29. The van der Waals surface area contributed by atoms with Gasteiger partial charge >= 0.3 is 6.18 Å². The van der Waals surface area contributed by atoms with Crippen LogP contribution in [0.5, 0.6) is 11.8 Å². The number of alkyl halides is 3. The standard InChI is InChI=1S/C28H27F4N5O3/c1-16-14-17(8-10-19(16)29)25-24(34-22-6-5-7-23(39-4)37(22)25)27(38)36(13-12-35(2)3)20-15-40-26-18(20)9-11-21(33-26)28(30,31)32/h5-11,14,20H,12-13,15H2,1-4H3. The molecule has 0 saturated heterocycles. The van der Waals surface area contributed by atoms with Crippen LogP contribution in [0.15, 0.2) is 48.5 Å². The third-order valence-electron chi connectivity index (χ3n) is 6.79. The quantitative estimate of drug-likeness (QED) is 0.298. The molecule has 1 amide bonds. The molecular weight excluding hydrogens is 530 g/mol. The Morgan fingerprint density at radius 1 is 1.12 bits per heavy atom. The minimum Gasteiger partial charge on any atom is -0.482 e. The summed E-state index contributed by atoms with van der Waals surface area (Å²) in [5.74, 6) is -0.603. The van der Waals surface area contributed by atoms with Crippen LogP contribution in [0.1, 0.15) is 33.4 Å². The largest absolute Gasteiger partial charge is 0.482 e. The smallest absolute Gasteiger partial charge is 0.433 e. The van der Waals surface area contributed by atoms with Crippen LogP contribution in [-0.2, 0) is 6.18 Å². The molecule has 4 aromatic rings. The number of pyridine rings is 2. The van der Waals surface area contributed by atoms with Crippen LogP contribution in [0.2, 0.25) is 0 Å². The normalized spacial score (nSPS) is 14.9. The monoisotopic (exact) mass is 557 g/mol. The highest BCUT2D eigenvalue weighted by molar-refractivity contribution is 6.00. The first kappa shape index (κ1) is 27.4. The van der Waals surface area contributed by atoms with Crippen LogP contribution in [0, 0.1) is 12.7 Å². The molecule has 1 aliphatic rings. The second-order valence-corrected chi connectivity index (χ2v) is 9.75. The molecule has 8 nitrogen and oxygen atoms in total. The van der Waals surface area contributed by atoms with Crippen molar-refractivity contribution < 1.29 is 31.8 Å². The number of carbonyl (C=O) groups excluding carboxylic acids is 1. The van der Waals surface area contributed by atoms with Gasteiger partial charge in [-0.25, -0.2) is 14.4 Å². The minimum atomic E-state index is -4.63. The Labute approximate surface area is 227 Å². The van der Waals surface area contributed by atoms with Crippen LogP contribution in [0.3, 0.4) is 0 Å². The number of ether oxygens (including phenoxy) is 2. The molecule has 1 atom stereocenters. The second-order valence-electron chi connectivity index (χ2n) is 9.75. The molecule has 0 aliphatic carbocycles. The van der Waals surface area contributed by atoms with E-state index in [9.17, 15) is 22.4 Å². The third-order valence-corrected chi connectivity index (χ3v) is 6.79. The first-order chi connectivity index (χ1) is 19.0. The lowest BCUT2D eigenvalue weighted by molar-refractivity contribution is -0.141. The summed E-state index contributed by atoms with van der Waals surface area (Å²) >= 11 is 0. The van der Waals surface area contributed by atoms with Gasteiger partial charge in [-0.05, 0) is 69.0 Å². The fourth-order valence-electron chi connectivity index (χ4n) is 4.76. The molecule has 0 bridgehead atoms. The number of fused-ring (bicyclic) bond motifs is 2. The van der Waals surface area contributed by atoms with Crippen molar-refractivity contribution >= 4 is 11.6 Å². The number of benzene rings is 1. The van der Waals surface area contributed by atoms with Crippen molar-refractivity contribution in [3.05, 3.63) is 76.9 Å². The van der Waals surface area contributed by atoms with Gasteiger partial charge in [0.1, 0.15) is 23.8 Å². The van der Waals surface area contributed by atoms with Gasteiger partial charge in [0.2, 0.25) is 5.88 Å². The number of carbonyl (C=O) groups is 1. The second kappa shape index (κ2) is 10.4. The van der Waals surface area contributed by atoms with E-state index in [2.05, 4.69) is 9.97 Å². The predicted octanol–water partition coefficient (Wildman–Crippen LogP) is 5.01. The summed E-state index contributed by atoms with van der Waals surface area (Å²) in [5.41, 5.74) is 1.16. The van der Waals surface area contributed by atoms with E-state index in [0.717, 1.165) is 6.07 Å². The molecule has 3 aromatic heterocycles. The summed E-state index contributed by atoms with van der Waals surface area (Å²) in [7, 11) is 5.19. The molecular formula is C28H27F4N5O3. The number of nitrogens with zero attached hydrogens (tertiary/aromatic N) is 5. The van der Waals surface area contributed by atoms with Crippen LogP contribution in [0.4, 0.5) is 17.6 Å². The van der Waals surface area contributed by atoms with Gasteiger partial charge in [-0.2, -0.15) is 13.2 Å². The van der Waals surface area contributed by atoms with Crippen molar-refractivity contribution in [2.75, 3.05) is 40.9 Å². The fraction of sp³-hybridized carbons (Fsp3) is 0.321. The zero-order valence-corrected chi connectivity index (χ0v) is 22.3. The van der Waals surface area contributed by atoms with Crippen molar-refractivity contribution in [1.29, 1.82) is 0 Å². The van der Waals surface area contributed by atoms with Gasteiger partial charge in [0.25, 0.3) is 5.91 Å². The molecule has 5 rings (SSSR count). The van der Waals surface area contributed by atoms with Crippen molar-refractivity contribution in [2.45, 2.75) is 19.1 Å². The number of amides is 1. The molecule has 12 heteroatoms. The van der Waals surface area contributed by atoms with E-state index >= 15 is 0 Å². The first-order valence-electron chi connectivity index (χ1n) is 12.5. The van der Waals surface area contributed by atoms with Crippen LogP contribution >= 0.6 is 0 Å². The molecule has 4 heterocycles. The molecule has 0 spiro atoms. The molecule has 1 aliphatic heterocycles. The number of aryl methyl sites for hydroxylation is 1. The highest BCUT2D eigenvalue weighted by atomic mass is 19.4. The zero-order chi connectivity index (χ0) is 28.8. The van der Waals surface area contributed by atoms with E-state index in [4.69, 9.17) is 9.47 Å². The third kappa shape index (κ3) is 4.94. The van der Waals surface area contributed by atoms with E-state index in [1.54, 1.807) is 41.7 Å². The van der Waals surface area contributed by atoms with Crippen LogP contribution in [-0.4, -0.2) is 71.0 Å². The highest BCUT2D eigenvalue weighted by Crippen LogP contribution is 2.39. The number of rotatable bonds is 7. The molecule has 0 fully saturated rings. The number of likely N-dealkylation sites (N-methyl/N-ethyl adjacent to an activating group) is 1. The molecule has 0 radical (unpaired) electrons. The summed E-state index contributed by atoms with van der Waals surface area (Å²) in [6.45, 7) is 2.25. The maximum Gasteiger partial charge on any atom is 0.433 e. The fourth-order valence-corrected chi connectivity index (χ4v) is 4.76. The van der Waals surface area contributed by atoms with Gasteiger partial charge in [0.05, 0.1) is 18.8 Å². The molecule has 40 heavy (non-hydrogen) atoms. The average Bonchev–Trinajstić information content (AvgIpc) is 3.51. The number of imidazole rings is 1. The Bertz CT molecular complexity index is 1580. The zero-order valence-electron chi connectivity index (χ0n) is 22.3. The Hall–Kier alpha value is -4.19. The van der Waals surface area contributed by atoms with Gasteiger partial charge < -0.3 is 19.3 Å². The maximum absolute atomic E-state index is 14.4. The van der Waals surface area contributed by atoms with Gasteiger partial charge in [-0.1, -0.05) is 6.07 Å². The van der Waals surface area contributed by atoms with Crippen molar-refractivity contribution in [3.8, 4) is 23.0 Å². The van der Waals surface area contributed by atoms with Crippen molar-refractivity contribution in [3.63, 3.8) is 0 Å². The predicted molar refractivity (Wildman–Crippen MR) is 139 cm³/mol. The van der Waals surface area contributed by atoms with Gasteiger partial charge in [0, 0.05) is 24.2 Å². The maximum atomic E-state index is 14.4. The number of hydrogen-bond acceptors (Lipinski definition) is 6. The van der Waals surface area contributed by atoms with Gasteiger partial charge in [-0.15, -0.1) is 0 Å². The van der Waals surface area contributed by atoms with Crippen LogP contribution < -0.4 is 9.47 Å².